The molecule has 0 radical (unpaired) electrons. The van der Waals surface area contributed by atoms with Gasteiger partial charge in [0.2, 0.25) is 0 Å². The summed E-state index contributed by atoms with van der Waals surface area (Å²) in [4.78, 5) is 35.1. The summed E-state index contributed by atoms with van der Waals surface area (Å²) in [7, 11) is 0. The van der Waals surface area contributed by atoms with Crippen molar-refractivity contribution in [3.05, 3.63) is 27.5 Å². The van der Waals surface area contributed by atoms with E-state index in [0.717, 1.165) is 16.7 Å². The van der Waals surface area contributed by atoms with Crippen molar-refractivity contribution in [2.45, 2.75) is 6.42 Å². The van der Waals surface area contributed by atoms with Crippen LogP contribution in [0.3, 0.4) is 0 Å². The highest BCUT2D eigenvalue weighted by atomic mass is 79.9. The zero-order valence-corrected chi connectivity index (χ0v) is 11.9. The normalized spacial score (nSPS) is 17.5. The van der Waals surface area contributed by atoms with E-state index in [4.69, 9.17) is 9.52 Å². The molecular weight excluding hydrogens is 338 g/mol. The molecule has 1 N–H and O–H groups in total. The monoisotopic (exact) mass is 345 g/mol. The number of aliphatic carboxylic acids is 1. The number of imide groups is 1. The molecule has 2 rings (SSSR count). The highest BCUT2D eigenvalue weighted by Gasteiger charge is 2.35. The summed E-state index contributed by atoms with van der Waals surface area (Å²) >= 11 is 3.90. The van der Waals surface area contributed by atoms with Crippen LogP contribution in [-0.2, 0) is 9.59 Å². The Morgan fingerprint density at radius 2 is 2.21 bits per heavy atom. The third-order valence-corrected chi connectivity index (χ3v) is 3.62. The van der Waals surface area contributed by atoms with E-state index in [2.05, 4.69) is 15.9 Å². The standard InChI is InChI=1S/C11H8BrNO5S/c12-8-2-1-6(18-8)5-7-10(16)13(11(17)19-7)4-3-9(14)15/h1-2,5H,3-4H2,(H,14,15). The Labute approximate surface area is 120 Å². The molecule has 1 fully saturated rings. The van der Waals surface area contributed by atoms with Crippen LogP contribution in [0, 0.1) is 0 Å². The van der Waals surface area contributed by atoms with Gasteiger partial charge in [-0.2, -0.15) is 0 Å². The Morgan fingerprint density at radius 3 is 2.79 bits per heavy atom. The smallest absolute Gasteiger partial charge is 0.305 e. The van der Waals surface area contributed by atoms with Gasteiger partial charge in [-0.25, -0.2) is 0 Å². The van der Waals surface area contributed by atoms with Crippen LogP contribution in [0.2, 0.25) is 0 Å². The largest absolute Gasteiger partial charge is 0.481 e. The first-order valence-electron chi connectivity index (χ1n) is 5.20. The van der Waals surface area contributed by atoms with Crippen LogP contribution in [0.5, 0.6) is 0 Å². The van der Waals surface area contributed by atoms with Crippen LogP contribution in [0.15, 0.2) is 26.1 Å². The van der Waals surface area contributed by atoms with E-state index in [9.17, 15) is 14.4 Å². The third kappa shape index (κ3) is 3.27. The number of carbonyl (C=O) groups excluding carboxylic acids is 2. The zero-order valence-electron chi connectivity index (χ0n) is 9.46. The molecule has 1 aliphatic rings. The molecule has 8 heteroatoms. The highest BCUT2D eigenvalue weighted by Crippen LogP contribution is 2.32. The summed E-state index contributed by atoms with van der Waals surface area (Å²) in [5.74, 6) is -1.11. The fraction of sp³-hybridized carbons (Fsp3) is 0.182. The quantitative estimate of drug-likeness (QED) is 0.843. The number of rotatable bonds is 4. The summed E-state index contributed by atoms with van der Waals surface area (Å²) in [6.45, 7) is -0.126. The van der Waals surface area contributed by atoms with E-state index in [-0.39, 0.29) is 17.9 Å². The molecular formula is C11H8BrNO5S. The van der Waals surface area contributed by atoms with Gasteiger partial charge in [0.1, 0.15) is 5.76 Å². The van der Waals surface area contributed by atoms with Crippen LogP contribution < -0.4 is 0 Å². The zero-order chi connectivity index (χ0) is 14.0. The van der Waals surface area contributed by atoms with Gasteiger partial charge in [-0.05, 0) is 39.8 Å². The molecule has 6 nitrogen and oxygen atoms in total. The van der Waals surface area contributed by atoms with Gasteiger partial charge >= 0.3 is 5.97 Å². The Balaban J connectivity index is 2.13. The summed E-state index contributed by atoms with van der Waals surface area (Å²) in [6.07, 6.45) is 1.19. The predicted molar refractivity (Wildman–Crippen MR) is 71.3 cm³/mol. The fourth-order valence-electron chi connectivity index (χ4n) is 1.44. The number of thioether (sulfide) groups is 1. The van der Waals surface area contributed by atoms with E-state index < -0.39 is 17.1 Å². The molecule has 0 aliphatic carbocycles. The minimum absolute atomic E-state index is 0.126. The first kappa shape index (κ1) is 13.9. The van der Waals surface area contributed by atoms with E-state index >= 15 is 0 Å². The van der Waals surface area contributed by atoms with Crippen molar-refractivity contribution in [1.29, 1.82) is 0 Å². The van der Waals surface area contributed by atoms with Crippen LogP contribution in [-0.4, -0.2) is 33.7 Å². The maximum absolute atomic E-state index is 11.9. The summed E-state index contributed by atoms with van der Waals surface area (Å²) in [6, 6.07) is 3.32. The first-order valence-corrected chi connectivity index (χ1v) is 6.81. The molecule has 100 valence electrons. The van der Waals surface area contributed by atoms with Gasteiger partial charge < -0.3 is 9.52 Å². The molecule has 1 aliphatic heterocycles. The van der Waals surface area contributed by atoms with Gasteiger partial charge in [0.15, 0.2) is 4.67 Å². The van der Waals surface area contributed by atoms with Crippen molar-refractivity contribution in [2.75, 3.05) is 6.54 Å². The molecule has 0 saturated carbocycles. The Kier molecular flexibility index (Phi) is 4.11. The Morgan fingerprint density at radius 1 is 1.47 bits per heavy atom. The van der Waals surface area contributed by atoms with E-state index in [1.165, 1.54) is 6.08 Å². The number of hydrogen-bond donors (Lipinski definition) is 1. The van der Waals surface area contributed by atoms with Crippen molar-refractivity contribution in [1.82, 2.24) is 4.90 Å². The van der Waals surface area contributed by atoms with Crippen molar-refractivity contribution in [3.8, 4) is 0 Å². The molecule has 2 heterocycles. The maximum Gasteiger partial charge on any atom is 0.305 e. The lowest BCUT2D eigenvalue weighted by Crippen LogP contribution is -2.30. The molecule has 0 atom stereocenters. The van der Waals surface area contributed by atoms with E-state index in [0.29, 0.717) is 10.4 Å². The third-order valence-electron chi connectivity index (χ3n) is 2.29. The highest BCUT2D eigenvalue weighted by molar-refractivity contribution is 9.10. The van der Waals surface area contributed by atoms with Gasteiger partial charge in [-0.3, -0.25) is 19.3 Å². The van der Waals surface area contributed by atoms with Crippen LogP contribution in [0.25, 0.3) is 6.08 Å². The van der Waals surface area contributed by atoms with Crippen molar-refractivity contribution in [2.24, 2.45) is 0 Å². The molecule has 2 amide bonds. The van der Waals surface area contributed by atoms with Gasteiger partial charge in [0, 0.05) is 12.6 Å². The molecule has 0 spiro atoms. The number of amides is 2. The second kappa shape index (κ2) is 5.62. The minimum atomic E-state index is -1.06. The van der Waals surface area contributed by atoms with Crippen LogP contribution >= 0.6 is 27.7 Å². The minimum Gasteiger partial charge on any atom is -0.481 e. The number of carboxylic acids is 1. The number of carbonyl (C=O) groups is 3. The summed E-state index contributed by atoms with van der Waals surface area (Å²) in [5, 5.41) is 8.09. The lowest BCUT2D eigenvalue weighted by molar-refractivity contribution is -0.137. The van der Waals surface area contributed by atoms with E-state index in [1.807, 2.05) is 0 Å². The van der Waals surface area contributed by atoms with E-state index in [1.54, 1.807) is 12.1 Å². The predicted octanol–water partition coefficient (Wildman–Crippen LogP) is 2.55. The average molecular weight is 346 g/mol. The lowest BCUT2D eigenvalue weighted by Gasteiger charge is -2.09. The number of nitrogens with zero attached hydrogens (tertiary/aromatic N) is 1. The first-order chi connectivity index (χ1) is 8.97. The SMILES string of the molecule is O=C(O)CCN1C(=O)SC(=Cc2ccc(Br)o2)C1=O. The van der Waals surface area contributed by atoms with Crippen LogP contribution in [0.1, 0.15) is 12.2 Å². The van der Waals surface area contributed by atoms with Crippen molar-refractivity contribution < 1.29 is 23.9 Å². The molecule has 1 aromatic rings. The summed E-state index contributed by atoms with van der Waals surface area (Å²) < 4.78 is 5.73. The second-order valence-corrected chi connectivity index (χ2v) is 5.39. The molecule has 0 bridgehead atoms. The second-order valence-electron chi connectivity index (χ2n) is 3.62. The number of carboxylic acid groups (broad SMARTS) is 1. The molecule has 0 aromatic carbocycles. The Hall–Kier alpha value is -1.54. The molecule has 1 saturated heterocycles. The van der Waals surface area contributed by atoms with Gasteiger partial charge in [-0.15, -0.1) is 0 Å². The maximum atomic E-state index is 11.9. The number of furan rings is 1. The molecule has 19 heavy (non-hydrogen) atoms. The Bertz CT molecular complexity index is 579. The van der Waals surface area contributed by atoms with Gasteiger partial charge in [0.25, 0.3) is 11.1 Å². The average Bonchev–Trinajstić information content (AvgIpc) is 2.83. The van der Waals surface area contributed by atoms with Gasteiger partial charge in [0.05, 0.1) is 11.3 Å². The van der Waals surface area contributed by atoms with Crippen molar-refractivity contribution >= 4 is 50.9 Å². The fourth-order valence-corrected chi connectivity index (χ4v) is 2.60. The number of hydrogen-bond acceptors (Lipinski definition) is 5. The topological polar surface area (TPSA) is 87.8 Å². The number of halogens is 1. The van der Waals surface area contributed by atoms with Gasteiger partial charge in [-0.1, -0.05) is 0 Å². The summed E-state index contributed by atoms with van der Waals surface area (Å²) in [5.41, 5.74) is 0. The molecule has 1 aromatic heterocycles. The van der Waals surface area contributed by atoms with Crippen LogP contribution in [0.4, 0.5) is 4.79 Å². The molecule has 0 unspecified atom stereocenters. The van der Waals surface area contributed by atoms with Crippen molar-refractivity contribution in [3.63, 3.8) is 0 Å². The lowest BCUT2D eigenvalue weighted by atomic mass is 10.3.